The van der Waals surface area contributed by atoms with Crippen LogP contribution in [0.25, 0.3) is 0 Å². The Kier molecular flexibility index (Phi) is 4.45. The van der Waals surface area contributed by atoms with Crippen molar-refractivity contribution in [2.45, 2.75) is 48.6 Å². The topological polar surface area (TPSA) is 26.0 Å². The predicted molar refractivity (Wildman–Crippen MR) is 88.1 cm³/mol. The first-order valence-electron chi connectivity index (χ1n) is 7.35. The highest BCUT2D eigenvalue weighted by Crippen LogP contribution is 2.43. The van der Waals surface area contributed by atoms with Crippen molar-refractivity contribution in [3.63, 3.8) is 0 Å². The van der Waals surface area contributed by atoms with Gasteiger partial charge in [-0.1, -0.05) is 37.6 Å². The van der Waals surface area contributed by atoms with E-state index in [2.05, 4.69) is 54.7 Å². The van der Waals surface area contributed by atoms with Crippen molar-refractivity contribution >= 4 is 23.5 Å². The minimum Gasteiger partial charge on any atom is -0.323 e. The van der Waals surface area contributed by atoms with Crippen molar-refractivity contribution < 1.29 is 0 Å². The zero-order valence-corrected chi connectivity index (χ0v) is 13.2. The third-order valence-electron chi connectivity index (χ3n) is 4.49. The van der Waals surface area contributed by atoms with E-state index >= 15 is 0 Å². The second-order valence-electron chi connectivity index (χ2n) is 5.69. The van der Waals surface area contributed by atoms with Gasteiger partial charge in [-0.25, -0.2) is 0 Å². The molecule has 0 bridgehead atoms. The molecule has 1 saturated heterocycles. The second kappa shape index (κ2) is 6.11. The van der Waals surface area contributed by atoms with Crippen molar-refractivity contribution in [1.82, 2.24) is 0 Å². The van der Waals surface area contributed by atoms with Gasteiger partial charge in [-0.3, -0.25) is 0 Å². The van der Waals surface area contributed by atoms with E-state index in [1.54, 1.807) is 0 Å². The highest BCUT2D eigenvalue weighted by molar-refractivity contribution is 8.07. The summed E-state index contributed by atoms with van der Waals surface area (Å²) in [4.78, 5) is 0. The number of hydrogen-bond donors (Lipinski definition) is 1. The van der Waals surface area contributed by atoms with Gasteiger partial charge in [0.1, 0.15) is 0 Å². The molecular weight excluding hydrogens is 270 g/mol. The van der Waals surface area contributed by atoms with Gasteiger partial charge < -0.3 is 5.73 Å². The molecule has 1 aromatic carbocycles. The fraction of sp³-hybridized carbons (Fsp3) is 0.625. The van der Waals surface area contributed by atoms with Gasteiger partial charge in [-0.15, -0.1) is 0 Å². The van der Waals surface area contributed by atoms with Gasteiger partial charge in [0.25, 0.3) is 0 Å². The third kappa shape index (κ3) is 2.84. The average Bonchev–Trinajstić information content (AvgIpc) is 2.37. The molecule has 3 unspecified atom stereocenters. The first-order valence-corrected chi connectivity index (χ1v) is 9.44. The summed E-state index contributed by atoms with van der Waals surface area (Å²) in [7, 11) is 0. The summed E-state index contributed by atoms with van der Waals surface area (Å²) < 4.78 is 0. The Morgan fingerprint density at radius 1 is 1.16 bits per heavy atom. The summed E-state index contributed by atoms with van der Waals surface area (Å²) >= 11 is 4.16. The molecular formula is C16H23NS2. The molecule has 1 aromatic rings. The molecule has 1 saturated carbocycles. The van der Waals surface area contributed by atoms with Crippen LogP contribution in [0.2, 0.25) is 0 Å². The predicted octanol–water partition coefficient (Wildman–Crippen LogP) is 4.19. The maximum absolute atomic E-state index is 6.64. The van der Waals surface area contributed by atoms with Crippen molar-refractivity contribution in [2.75, 3.05) is 11.5 Å². The molecule has 2 fully saturated rings. The fourth-order valence-corrected chi connectivity index (χ4v) is 6.00. The van der Waals surface area contributed by atoms with E-state index < -0.39 is 0 Å². The Bertz CT molecular complexity index is 431. The van der Waals surface area contributed by atoms with E-state index in [1.165, 1.54) is 41.9 Å². The van der Waals surface area contributed by atoms with Crippen LogP contribution in [0, 0.1) is 0 Å². The summed E-state index contributed by atoms with van der Waals surface area (Å²) in [5, 5.41) is 1.24. The van der Waals surface area contributed by atoms with Crippen molar-refractivity contribution in [1.29, 1.82) is 0 Å². The molecule has 3 atom stereocenters. The second-order valence-corrected chi connectivity index (χ2v) is 8.46. The highest BCUT2D eigenvalue weighted by atomic mass is 32.2. The van der Waals surface area contributed by atoms with Gasteiger partial charge in [0.2, 0.25) is 0 Å². The number of benzene rings is 1. The molecule has 0 aromatic heterocycles. The molecule has 0 amide bonds. The van der Waals surface area contributed by atoms with E-state index in [1.807, 2.05) is 0 Å². The average molecular weight is 294 g/mol. The summed E-state index contributed by atoms with van der Waals surface area (Å²) in [5.41, 5.74) is 9.59. The van der Waals surface area contributed by atoms with Gasteiger partial charge in [0.15, 0.2) is 0 Å². The Labute approximate surface area is 125 Å². The maximum atomic E-state index is 6.64. The van der Waals surface area contributed by atoms with Crippen LogP contribution < -0.4 is 5.73 Å². The number of hydrogen-bond acceptors (Lipinski definition) is 3. The molecule has 1 aliphatic heterocycles. The highest BCUT2D eigenvalue weighted by Gasteiger charge is 2.32. The van der Waals surface area contributed by atoms with Crippen LogP contribution in [0.3, 0.4) is 0 Å². The van der Waals surface area contributed by atoms with E-state index in [-0.39, 0.29) is 6.04 Å². The van der Waals surface area contributed by atoms with Crippen molar-refractivity contribution in [3.05, 3.63) is 35.4 Å². The lowest BCUT2D eigenvalue weighted by atomic mass is 9.77. The SMILES string of the molecule is CC1SCCSC1C(N)c1ccccc1C1CCC1. The molecule has 2 N–H and O–H groups in total. The smallest absolute Gasteiger partial charge is 0.0429 e. The third-order valence-corrected chi connectivity index (χ3v) is 7.71. The molecule has 1 nitrogen and oxygen atoms in total. The molecule has 0 radical (unpaired) electrons. The monoisotopic (exact) mass is 293 g/mol. The number of thioether (sulfide) groups is 2. The standard InChI is InChI=1S/C16H23NS2/c1-11-16(19-10-9-18-11)15(17)14-8-3-2-7-13(14)12-5-4-6-12/h2-3,7-8,11-12,15-16H,4-6,9-10,17H2,1H3. The molecule has 3 heteroatoms. The van der Waals surface area contributed by atoms with E-state index in [9.17, 15) is 0 Å². The van der Waals surface area contributed by atoms with Crippen LogP contribution >= 0.6 is 23.5 Å². The van der Waals surface area contributed by atoms with E-state index in [0.717, 1.165) is 5.92 Å². The number of rotatable bonds is 3. The first-order chi connectivity index (χ1) is 9.27. The minimum atomic E-state index is 0.199. The molecule has 0 spiro atoms. The maximum Gasteiger partial charge on any atom is 0.0429 e. The van der Waals surface area contributed by atoms with Gasteiger partial charge in [0.05, 0.1) is 0 Å². The van der Waals surface area contributed by atoms with Crippen molar-refractivity contribution in [3.8, 4) is 0 Å². The fourth-order valence-electron chi connectivity index (χ4n) is 3.13. The Balaban J connectivity index is 1.84. The Hall–Kier alpha value is -0.120. The first kappa shape index (κ1) is 13.8. The Morgan fingerprint density at radius 3 is 2.58 bits per heavy atom. The van der Waals surface area contributed by atoms with E-state index in [0.29, 0.717) is 10.5 Å². The molecule has 2 aliphatic rings. The van der Waals surface area contributed by atoms with Gasteiger partial charge >= 0.3 is 0 Å². The summed E-state index contributed by atoms with van der Waals surface area (Å²) in [5.74, 6) is 3.30. The van der Waals surface area contributed by atoms with Crippen LogP contribution in [0.1, 0.15) is 49.3 Å². The van der Waals surface area contributed by atoms with Crippen LogP contribution in [0.5, 0.6) is 0 Å². The molecule has 1 heterocycles. The van der Waals surface area contributed by atoms with Crippen LogP contribution in [0.15, 0.2) is 24.3 Å². The number of nitrogens with two attached hydrogens (primary N) is 1. The quantitative estimate of drug-likeness (QED) is 0.905. The molecule has 3 rings (SSSR count). The van der Waals surface area contributed by atoms with Crippen LogP contribution in [0.4, 0.5) is 0 Å². The zero-order valence-electron chi connectivity index (χ0n) is 11.5. The molecule has 19 heavy (non-hydrogen) atoms. The normalized spacial score (nSPS) is 29.8. The largest absolute Gasteiger partial charge is 0.323 e. The lowest BCUT2D eigenvalue weighted by Gasteiger charge is -2.35. The van der Waals surface area contributed by atoms with Crippen molar-refractivity contribution in [2.24, 2.45) is 5.73 Å². The van der Waals surface area contributed by atoms with Gasteiger partial charge in [0, 0.05) is 28.0 Å². The lowest BCUT2D eigenvalue weighted by molar-refractivity contribution is 0.414. The molecule has 1 aliphatic carbocycles. The van der Waals surface area contributed by atoms with E-state index in [4.69, 9.17) is 5.73 Å². The minimum absolute atomic E-state index is 0.199. The Morgan fingerprint density at radius 2 is 1.89 bits per heavy atom. The summed E-state index contributed by atoms with van der Waals surface area (Å²) in [6.45, 7) is 2.34. The van der Waals surface area contributed by atoms with Crippen LogP contribution in [-0.4, -0.2) is 22.0 Å². The van der Waals surface area contributed by atoms with Gasteiger partial charge in [-0.05, 0) is 29.9 Å². The zero-order chi connectivity index (χ0) is 13.2. The molecule has 104 valence electrons. The summed E-state index contributed by atoms with van der Waals surface area (Å²) in [6.07, 6.45) is 4.09. The van der Waals surface area contributed by atoms with Crippen LogP contribution in [-0.2, 0) is 0 Å². The summed E-state index contributed by atoms with van der Waals surface area (Å²) in [6, 6.07) is 9.11. The van der Waals surface area contributed by atoms with Gasteiger partial charge in [-0.2, -0.15) is 23.5 Å². The lowest BCUT2D eigenvalue weighted by Crippen LogP contribution is -2.35.